The number of fused-ring (bicyclic) bond motifs is 1. The maximum atomic E-state index is 11.2. The van der Waals surface area contributed by atoms with E-state index in [-0.39, 0.29) is 16.8 Å². The first-order valence-corrected chi connectivity index (χ1v) is 5.41. The van der Waals surface area contributed by atoms with Crippen molar-refractivity contribution in [3.05, 3.63) is 23.9 Å². The number of aromatic hydroxyl groups is 1. The molecule has 2 rings (SSSR count). The molecule has 0 saturated carbocycles. The summed E-state index contributed by atoms with van der Waals surface area (Å²) in [4.78, 5) is 19.0. The van der Waals surface area contributed by atoms with E-state index in [4.69, 9.17) is 5.73 Å². The zero-order valence-corrected chi connectivity index (χ0v) is 9.98. The van der Waals surface area contributed by atoms with Crippen LogP contribution in [0.3, 0.4) is 0 Å². The molecule has 0 fully saturated rings. The minimum atomic E-state index is -0.397. The summed E-state index contributed by atoms with van der Waals surface area (Å²) >= 11 is 3.78. The van der Waals surface area contributed by atoms with Crippen LogP contribution in [-0.2, 0) is 4.79 Å². The molecule has 1 heterocycles. The van der Waals surface area contributed by atoms with Crippen molar-refractivity contribution in [3.8, 4) is 5.75 Å². The minimum Gasteiger partial charge on any atom is -0.506 e. The van der Waals surface area contributed by atoms with E-state index in [2.05, 4.69) is 22.6 Å². The van der Waals surface area contributed by atoms with Crippen LogP contribution in [0.5, 0.6) is 5.75 Å². The Morgan fingerprint density at radius 3 is 2.88 bits per heavy atom. The fourth-order valence-corrected chi connectivity index (χ4v) is 1.70. The molecule has 3 N–H and O–H groups in total. The monoisotopic (exact) mass is 249 g/mol. The third kappa shape index (κ3) is 2.16. The first kappa shape index (κ1) is 11.7. The third-order valence-corrected chi connectivity index (χ3v) is 2.96. The highest BCUT2D eigenvalue weighted by atomic mass is 32.1. The number of hydrogen-bond acceptors (Lipinski definition) is 5. The van der Waals surface area contributed by atoms with Crippen LogP contribution in [0.2, 0.25) is 0 Å². The third-order valence-electron chi connectivity index (χ3n) is 2.57. The standard InChI is InChI=1S/C11H11N3O2S/c1-5(10(16)17)6-2-7-4-13-11(12)14-9(7)8(15)3-6/h2-5,15H,1H3,(H,16,17)(H2,12,13,14). The molecule has 1 aromatic heterocycles. The second-order valence-corrected chi connectivity index (χ2v) is 4.21. The number of carbonyl (C=O) groups is 1. The molecule has 1 aromatic carbocycles. The predicted octanol–water partition coefficient (Wildman–Crippen LogP) is 1.48. The normalized spacial score (nSPS) is 12.6. The number of carbonyl (C=O) groups excluding carboxylic acids is 1. The Morgan fingerprint density at radius 2 is 2.24 bits per heavy atom. The van der Waals surface area contributed by atoms with Gasteiger partial charge < -0.3 is 10.8 Å². The molecule has 0 radical (unpaired) electrons. The summed E-state index contributed by atoms with van der Waals surface area (Å²) in [6.45, 7) is 1.72. The molecule has 6 heteroatoms. The van der Waals surface area contributed by atoms with Crippen LogP contribution < -0.4 is 5.73 Å². The molecule has 2 aromatic rings. The van der Waals surface area contributed by atoms with E-state index in [1.54, 1.807) is 13.0 Å². The van der Waals surface area contributed by atoms with Crippen LogP contribution in [0, 0.1) is 0 Å². The molecular formula is C11H11N3O2S. The molecule has 0 aliphatic carbocycles. The number of hydrogen-bond donors (Lipinski definition) is 3. The van der Waals surface area contributed by atoms with Crippen LogP contribution in [0.15, 0.2) is 18.3 Å². The van der Waals surface area contributed by atoms with E-state index in [0.29, 0.717) is 16.5 Å². The Labute approximate surface area is 103 Å². The average Bonchev–Trinajstić information content (AvgIpc) is 2.28. The Morgan fingerprint density at radius 1 is 1.53 bits per heavy atom. The van der Waals surface area contributed by atoms with Gasteiger partial charge in [0.05, 0.1) is 5.92 Å². The lowest BCUT2D eigenvalue weighted by atomic mass is 10.0. The van der Waals surface area contributed by atoms with Crippen molar-refractivity contribution in [2.75, 3.05) is 5.73 Å². The Kier molecular flexibility index (Phi) is 2.89. The fourth-order valence-electron chi connectivity index (χ4n) is 1.56. The van der Waals surface area contributed by atoms with Crippen molar-refractivity contribution < 1.29 is 9.90 Å². The Bertz CT molecular complexity index is 601. The topological polar surface area (TPSA) is 89.1 Å². The lowest BCUT2D eigenvalue weighted by molar-refractivity contribution is -0.111. The highest BCUT2D eigenvalue weighted by molar-refractivity contribution is 7.96. The SMILES string of the molecule is CC(C(=O)S)c1cc(O)c2nc(N)ncc2c1. The highest BCUT2D eigenvalue weighted by Gasteiger charge is 2.14. The molecule has 17 heavy (non-hydrogen) atoms. The summed E-state index contributed by atoms with van der Waals surface area (Å²) in [6, 6.07) is 3.24. The molecular weight excluding hydrogens is 238 g/mol. The van der Waals surface area contributed by atoms with Crippen molar-refractivity contribution in [3.63, 3.8) is 0 Å². The Balaban J connectivity index is 2.63. The van der Waals surface area contributed by atoms with E-state index in [1.165, 1.54) is 12.3 Å². The van der Waals surface area contributed by atoms with Crippen LogP contribution >= 0.6 is 12.6 Å². The van der Waals surface area contributed by atoms with Crippen LogP contribution in [0.1, 0.15) is 18.4 Å². The summed E-state index contributed by atoms with van der Waals surface area (Å²) < 4.78 is 0. The second-order valence-electron chi connectivity index (χ2n) is 3.77. The molecule has 88 valence electrons. The number of phenolic OH excluding ortho intramolecular Hbond substituents is 1. The fraction of sp³-hybridized carbons (Fsp3) is 0.182. The molecule has 0 aliphatic heterocycles. The van der Waals surface area contributed by atoms with Gasteiger partial charge in [-0.1, -0.05) is 6.92 Å². The van der Waals surface area contributed by atoms with Gasteiger partial charge in [0.2, 0.25) is 5.95 Å². The molecule has 0 saturated heterocycles. The zero-order valence-electron chi connectivity index (χ0n) is 9.08. The summed E-state index contributed by atoms with van der Waals surface area (Å²) in [5.41, 5.74) is 6.48. The molecule has 0 spiro atoms. The smallest absolute Gasteiger partial charge is 0.220 e. The van der Waals surface area contributed by atoms with Gasteiger partial charge in [-0.3, -0.25) is 4.79 Å². The minimum absolute atomic E-state index is 0.0203. The van der Waals surface area contributed by atoms with Gasteiger partial charge in [0, 0.05) is 11.6 Å². The average molecular weight is 249 g/mol. The van der Waals surface area contributed by atoms with Crippen LogP contribution in [0.4, 0.5) is 5.95 Å². The number of aromatic nitrogens is 2. The van der Waals surface area contributed by atoms with Crippen LogP contribution in [0.25, 0.3) is 10.9 Å². The highest BCUT2D eigenvalue weighted by Crippen LogP contribution is 2.29. The van der Waals surface area contributed by atoms with Gasteiger partial charge in [-0.05, 0) is 17.7 Å². The second kappa shape index (κ2) is 4.21. The van der Waals surface area contributed by atoms with Crippen molar-refractivity contribution in [2.45, 2.75) is 12.8 Å². The molecule has 0 amide bonds. The summed E-state index contributed by atoms with van der Waals surface area (Å²) in [6.07, 6.45) is 1.51. The molecule has 1 atom stereocenters. The largest absolute Gasteiger partial charge is 0.506 e. The molecule has 5 nitrogen and oxygen atoms in total. The van der Waals surface area contributed by atoms with Gasteiger partial charge in [0.25, 0.3) is 0 Å². The lowest BCUT2D eigenvalue weighted by Gasteiger charge is -2.09. The van der Waals surface area contributed by atoms with Crippen LogP contribution in [-0.4, -0.2) is 20.2 Å². The van der Waals surface area contributed by atoms with E-state index in [1.807, 2.05) is 0 Å². The predicted molar refractivity (Wildman–Crippen MR) is 68.0 cm³/mol. The molecule has 1 unspecified atom stereocenters. The van der Waals surface area contributed by atoms with E-state index in [0.717, 1.165) is 0 Å². The van der Waals surface area contributed by atoms with Gasteiger partial charge in [-0.25, -0.2) is 9.97 Å². The number of benzene rings is 1. The lowest BCUT2D eigenvalue weighted by Crippen LogP contribution is -2.02. The number of nitrogens with two attached hydrogens (primary N) is 1. The Hall–Kier alpha value is -1.82. The van der Waals surface area contributed by atoms with Crippen molar-refractivity contribution >= 4 is 34.6 Å². The summed E-state index contributed by atoms with van der Waals surface area (Å²) in [5.74, 6) is -0.321. The van der Waals surface area contributed by atoms with Gasteiger partial charge in [-0.15, -0.1) is 12.6 Å². The zero-order chi connectivity index (χ0) is 12.6. The van der Waals surface area contributed by atoms with Gasteiger partial charge in [0.1, 0.15) is 11.3 Å². The first-order chi connectivity index (χ1) is 7.99. The quantitative estimate of drug-likeness (QED) is 0.701. The number of nitrogens with zero attached hydrogens (tertiary/aromatic N) is 2. The molecule has 0 bridgehead atoms. The van der Waals surface area contributed by atoms with E-state index < -0.39 is 5.92 Å². The summed E-state index contributed by atoms with van der Waals surface area (Å²) in [5, 5.41) is 10.2. The number of thiol groups is 1. The maximum absolute atomic E-state index is 11.2. The van der Waals surface area contributed by atoms with Gasteiger partial charge in [0.15, 0.2) is 5.12 Å². The van der Waals surface area contributed by atoms with Crippen molar-refractivity contribution in [2.24, 2.45) is 0 Å². The maximum Gasteiger partial charge on any atom is 0.220 e. The first-order valence-electron chi connectivity index (χ1n) is 4.97. The van der Waals surface area contributed by atoms with Crippen molar-refractivity contribution in [1.29, 1.82) is 0 Å². The van der Waals surface area contributed by atoms with E-state index in [9.17, 15) is 9.90 Å². The number of nitrogen functional groups attached to an aromatic ring is 1. The van der Waals surface area contributed by atoms with Gasteiger partial charge >= 0.3 is 0 Å². The molecule has 0 aliphatic rings. The number of phenols is 1. The van der Waals surface area contributed by atoms with E-state index >= 15 is 0 Å². The number of rotatable bonds is 2. The number of anilines is 1. The van der Waals surface area contributed by atoms with Crippen molar-refractivity contribution in [1.82, 2.24) is 9.97 Å². The van der Waals surface area contributed by atoms with Gasteiger partial charge in [-0.2, -0.15) is 0 Å². The summed E-state index contributed by atoms with van der Waals surface area (Å²) in [7, 11) is 0.